The van der Waals surface area contributed by atoms with Gasteiger partial charge in [-0.3, -0.25) is 9.59 Å². The number of H-pyrrole nitrogens is 2. The van der Waals surface area contributed by atoms with Gasteiger partial charge < -0.3 is 24.9 Å². The number of nitrogens with zero attached hydrogens (tertiary/aromatic N) is 1. The molecule has 2 amide bonds. The second kappa shape index (κ2) is 8.36. The number of methoxy groups -OCH3 is 1. The number of aromatic amines is 2. The van der Waals surface area contributed by atoms with E-state index >= 15 is 0 Å². The molecule has 3 aromatic rings. The number of ether oxygens (including phenoxy) is 1. The molecule has 1 aliphatic rings. The zero-order valence-corrected chi connectivity index (χ0v) is 16.2. The lowest BCUT2D eigenvalue weighted by atomic mass is 10.1. The van der Waals surface area contributed by atoms with E-state index in [9.17, 15) is 9.59 Å². The van der Waals surface area contributed by atoms with Gasteiger partial charge in [0.25, 0.3) is 11.8 Å². The van der Waals surface area contributed by atoms with Gasteiger partial charge in [0, 0.05) is 32.6 Å². The van der Waals surface area contributed by atoms with Gasteiger partial charge in [-0.05, 0) is 35.7 Å². The molecular formula is C22H24N4O3. The van der Waals surface area contributed by atoms with Crippen LogP contribution in [0.4, 0.5) is 0 Å². The van der Waals surface area contributed by atoms with E-state index in [0.29, 0.717) is 24.5 Å². The zero-order chi connectivity index (χ0) is 20.2. The van der Waals surface area contributed by atoms with Crippen molar-refractivity contribution in [3.05, 3.63) is 83.4 Å². The van der Waals surface area contributed by atoms with E-state index in [4.69, 9.17) is 4.74 Å². The van der Waals surface area contributed by atoms with Gasteiger partial charge in [0.05, 0.1) is 12.1 Å². The predicted molar refractivity (Wildman–Crippen MR) is 109 cm³/mol. The zero-order valence-electron chi connectivity index (χ0n) is 16.2. The Morgan fingerprint density at radius 2 is 1.90 bits per heavy atom. The fourth-order valence-corrected chi connectivity index (χ4v) is 3.70. The smallest absolute Gasteiger partial charge is 0.270 e. The third-order valence-electron chi connectivity index (χ3n) is 5.24. The van der Waals surface area contributed by atoms with Crippen molar-refractivity contribution in [3.63, 3.8) is 0 Å². The van der Waals surface area contributed by atoms with E-state index in [1.165, 1.54) is 5.56 Å². The molecule has 0 spiro atoms. The van der Waals surface area contributed by atoms with E-state index in [-0.39, 0.29) is 24.0 Å². The summed E-state index contributed by atoms with van der Waals surface area (Å²) in [7, 11) is 1.60. The van der Waals surface area contributed by atoms with Crippen LogP contribution < -0.4 is 5.32 Å². The molecule has 1 aliphatic heterocycles. The molecule has 1 aromatic carbocycles. The van der Waals surface area contributed by atoms with E-state index in [2.05, 4.69) is 27.4 Å². The van der Waals surface area contributed by atoms with Gasteiger partial charge in [-0.1, -0.05) is 30.3 Å². The van der Waals surface area contributed by atoms with Crippen LogP contribution in [0.15, 0.2) is 60.9 Å². The van der Waals surface area contributed by atoms with E-state index in [1.807, 2.05) is 30.5 Å². The Hall–Kier alpha value is -3.32. The van der Waals surface area contributed by atoms with Crippen LogP contribution in [0.3, 0.4) is 0 Å². The van der Waals surface area contributed by atoms with Crippen molar-refractivity contribution in [2.24, 2.45) is 0 Å². The van der Waals surface area contributed by atoms with Gasteiger partial charge in [0.1, 0.15) is 11.4 Å². The summed E-state index contributed by atoms with van der Waals surface area (Å²) in [6, 6.07) is 15.2. The Morgan fingerprint density at radius 3 is 2.62 bits per heavy atom. The first-order valence-corrected chi connectivity index (χ1v) is 9.61. The Kier molecular flexibility index (Phi) is 5.48. The lowest BCUT2D eigenvalue weighted by molar-refractivity contribution is 0.0688. The highest BCUT2D eigenvalue weighted by molar-refractivity contribution is 5.94. The van der Waals surface area contributed by atoms with E-state index < -0.39 is 0 Å². The second-order valence-electron chi connectivity index (χ2n) is 7.23. The van der Waals surface area contributed by atoms with Crippen LogP contribution in [0, 0.1) is 0 Å². The second-order valence-corrected chi connectivity index (χ2v) is 7.23. The minimum absolute atomic E-state index is 0.0945. The third-order valence-corrected chi connectivity index (χ3v) is 5.24. The fraction of sp³-hybridized carbons (Fsp3) is 0.273. The van der Waals surface area contributed by atoms with E-state index in [0.717, 1.165) is 12.0 Å². The number of benzene rings is 1. The first-order valence-electron chi connectivity index (χ1n) is 9.61. The van der Waals surface area contributed by atoms with Crippen molar-refractivity contribution < 1.29 is 14.3 Å². The van der Waals surface area contributed by atoms with Gasteiger partial charge in [-0.15, -0.1) is 0 Å². The number of nitrogens with one attached hydrogen (secondary N) is 3. The average molecular weight is 392 g/mol. The van der Waals surface area contributed by atoms with Crippen LogP contribution >= 0.6 is 0 Å². The molecule has 150 valence electrons. The van der Waals surface area contributed by atoms with Gasteiger partial charge in [-0.25, -0.2) is 0 Å². The molecule has 7 nitrogen and oxygen atoms in total. The molecule has 0 radical (unpaired) electrons. The molecule has 7 heteroatoms. The maximum absolute atomic E-state index is 13.0. The molecule has 1 saturated heterocycles. The summed E-state index contributed by atoms with van der Waals surface area (Å²) < 4.78 is 5.51. The number of rotatable bonds is 6. The van der Waals surface area contributed by atoms with Gasteiger partial charge >= 0.3 is 0 Å². The van der Waals surface area contributed by atoms with Crippen LogP contribution in [0.1, 0.15) is 32.1 Å². The molecule has 4 rings (SSSR count). The third kappa shape index (κ3) is 4.25. The number of hydrogen-bond acceptors (Lipinski definition) is 3. The molecular weight excluding hydrogens is 368 g/mol. The highest BCUT2D eigenvalue weighted by atomic mass is 16.5. The summed E-state index contributed by atoms with van der Waals surface area (Å²) in [6.07, 6.45) is 4.08. The van der Waals surface area contributed by atoms with Crippen molar-refractivity contribution in [2.75, 3.05) is 20.2 Å². The topological polar surface area (TPSA) is 90.2 Å². The molecule has 3 N–H and O–H groups in total. The van der Waals surface area contributed by atoms with Crippen LogP contribution in [0.5, 0.6) is 0 Å². The Labute approximate surface area is 169 Å². The summed E-state index contributed by atoms with van der Waals surface area (Å²) in [5, 5.41) is 2.96. The maximum atomic E-state index is 13.0. The van der Waals surface area contributed by atoms with Crippen molar-refractivity contribution in [2.45, 2.75) is 18.6 Å². The van der Waals surface area contributed by atoms with Crippen LogP contribution in [-0.4, -0.2) is 59.0 Å². The first-order chi connectivity index (χ1) is 14.1. The number of carbonyl (C=O) groups excluding carboxylic acids is 2. The number of likely N-dealkylation sites (tertiary alicyclic amines) is 1. The molecule has 2 aromatic heterocycles. The number of hydrogen-bond donors (Lipinski definition) is 3. The van der Waals surface area contributed by atoms with Crippen LogP contribution in [-0.2, 0) is 11.2 Å². The van der Waals surface area contributed by atoms with Gasteiger partial charge in [0.15, 0.2) is 0 Å². The average Bonchev–Trinajstić information content (AvgIpc) is 3.49. The molecule has 2 atom stereocenters. The minimum Gasteiger partial charge on any atom is -0.377 e. The molecule has 0 saturated carbocycles. The lowest BCUT2D eigenvalue weighted by Gasteiger charge is -2.17. The van der Waals surface area contributed by atoms with Crippen LogP contribution in [0.25, 0.3) is 0 Å². The SMILES string of the molecule is CO[C@@H]1CN(C(=O)c2cc(Cc3ccccc3)c[nH]2)C[C@H]1NC(=O)c1ccc[nH]1. The van der Waals surface area contributed by atoms with Crippen molar-refractivity contribution in [1.29, 1.82) is 0 Å². The Balaban J connectivity index is 1.40. The van der Waals surface area contributed by atoms with Gasteiger partial charge in [0.2, 0.25) is 0 Å². The van der Waals surface area contributed by atoms with Crippen molar-refractivity contribution >= 4 is 11.8 Å². The number of carbonyl (C=O) groups is 2. The standard InChI is InChI=1S/C22H24N4O3/c1-29-20-14-26(13-19(20)25-21(27)17-8-5-9-23-17)22(28)18-11-16(12-24-18)10-15-6-3-2-4-7-15/h2-9,11-12,19-20,23-24H,10,13-14H2,1H3,(H,25,27)/t19-,20-/m1/s1. The maximum Gasteiger partial charge on any atom is 0.270 e. The fourth-order valence-electron chi connectivity index (χ4n) is 3.70. The Morgan fingerprint density at radius 1 is 1.07 bits per heavy atom. The highest BCUT2D eigenvalue weighted by Crippen LogP contribution is 2.18. The molecule has 29 heavy (non-hydrogen) atoms. The predicted octanol–water partition coefficient (Wildman–Crippen LogP) is 2.20. The lowest BCUT2D eigenvalue weighted by Crippen LogP contribution is -2.43. The van der Waals surface area contributed by atoms with Crippen molar-refractivity contribution in [3.8, 4) is 0 Å². The van der Waals surface area contributed by atoms with Gasteiger partial charge in [-0.2, -0.15) is 0 Å². The molecule has 0 bridgehead atoms. The monoisotopic (exact) mass is 392 g/mol. The molecule has 0 unspecified atom stereocenters. The van der Waals surface area contributed by atoms with E-state index in [1.54, 1.807) is 30.3 Å². The first kappa shape index (κ1) is 19.0. The summed E-state index contributed by atoms with van der Waals surface area (Å²) in [5.41, 5.74) is 3.28. The number of aromatic nitrogens is 2. The summed E-state index contributed by atoms with van der Waals surface area (Å²) in [4.78, 5) is 33.0. The summed E-state index contributed by atoms with van der Waals surface area (Å²) in [6.45, 7) is 0.828. The largest absolute Gasteiger partial charge is 0.377 e. The quantitative estimate of drug-likeness (QED) is 0.601. The molecule has 3 heterocycles. The highest BCUT2D eigenvalue weighted by Gasteiger charge is 2.37. The summed E-state index contributed by atoms with van der Waals surface area (Å²) >= 11 is 0. The van der Waals surface area contributed by atoms with Crippen molar-refractivity contribution in [1.82, 2.24) is 20.2 Å². The normalized spacial score (nSPS) is 18.7. The summed E-state index contributed by atoms with van der Waals surface area (Å²) in [5.74, 6) is -0.302. The Bertz CT molecular complexity index is 965. The number of amides is 2. The molecule has 0 aliphatic carbocycles. The molecule has 1 fully saturated rings. The van der Waals surface area contributed by atoms with Crippen LogP contribution in [0.2, 0.25) is 0 Å². The minimum atomic E-state index is -0.265.